The van der Waals surface area contributed by atoms with Crippen LogP contribution in [0.25, 0.3) is 0 Å². The maximum Gasteiger partial charge on any atom is 0.151 e. The highest BCUT2D eigenvalue weighted by atomic mass is 16.3. The monoisotopic (exact) mass is 238 g/mol. The predicted molar refractivity (Wildman–Crippen MR) is 69.0 cm³/mol. The minimum absolute atomic E-state index is 0.0628. The molecule has 0 bridgehead atoms. The fourth-order valence-corrected chi connectivity index (χ4v) is 1.92. The van der Waals surface area contributed by atoms with Crippen molar-refractivity contribution in [3.63, 3.8) is 0 Å². The zero-order chi connectivity index (χ0) is 12.8. The fourth-order valence-electron chi connectivity index (χ4n) is 1.92. The van der Waals surface area contributed by atoms with Crippen LogP contribution in [0.2, 0.25) is 0 Å². The highest BCUT2D eigenvalue weighted by Gasteiger charge is 2.15. The van der Waals surface area contributed by atoms with Crippen LogP contribution >= 0.6 is 0 Å². The van der Waals surface area contributed by atoms with Crippen molar-refractivity contribution in [2.75, 3.05) is 32.1 Å². The molecule has 5 nitrogen and oxygen atoms in total. The van der Waals surface area contributed by atoms with E-state index in [0.717, 1.165) is 18.9 Å². The molecule has 0 radical (unpaired) electrons. The molecule has 1 heterocycles. The molecule has 1 rings (SSSR count). The third-order valence-electron chi connectivity index (χ3n) is 2.66. The molecule has 0 aromatic carbocycles. The van der Waals surface area contributed by atoms with E-state index in [1.165, 1.54) is 0 Å². The first-order valence-corrected chi connectivity index (χ1v) is 5.93. The van der Waals surface area contributed by atoms with Crippen molar-refractivity contribution in [1.82, 2.24) is 15.1 Å². The summed E-state index contributed by atoms with van der Waals surface area (Å²) in [6.45, 7) is 6.07. The molecule has 0 fully saturated rings. The maximum absolute atomic E-state index is 8.93. The minimum Gasteiger partial charge on any atom is -0.390 e. The summed E-state index contributed by atoms with van der Waals surface area (Å²) < 4.78 is 0. The molecule has 1 atom stereocenters. The second-order valence-electron chi connectivity index (χ2n) is 4.44. The van der Waals surface area contributed by atoms with Gasteiger partial charge in [0, 0.05) is 19.1 Å². The van der Waals surface area contributed by atoms with Crippen LogP contribution in [0.4, 0.5) is 5.82 Å². The number of aromatic nitrogens is 2. The van der Waals surface area contributed by atoms with E-state index >= 15 is 0 Å². The number of rotatable bonds is 6. The van der Waals surface area contributed by atoms with Crippen molar-refractivity contribution in [3.8, 4) is 0 Å². The number of hydrogen-bond donors (Lipinski definition) is 1. The first-order chi connectivity index (χ1) is 8.08. The molecule has 0 saturated heterocycles. The summed E-state index contributed by atoms with van der Waals surface area (Å²) in [5.41, 5.74) is 0.602. The first-order valence-electron chi connectivity index (χ1n) is 5.93. The van der Waals surface area contributed by atoms with Crippen molar-refractivity contribution < 1.29 is 5.11 Å². The van der Waals surface area contributed by atoms with Gasteiger partial charge in [-0.25, -0.2) is 0 Å². The van der Waals surface area contributed by atoms with Crippen LogP contribution in [-0.4, -0.2) is 53.4 Å². The van der Waals surface area contributed by atoms with Gasteiger partial charge in [-0.2, -0.15) is 5.10 Å². The van der Waals surface area contributed by atoms with Crippen molar-refractivity contribution in [1.29, 1.82) is 0 Å². The molecule has 1 aromatic heterocycles. The Kier molecular flexibility index (Phi) is 5.31. The van der Waals surface area contributed by atoms with Gasteiger partial charge in [0.1, 0.15) is 0 Å². The first kappa shape index (κ1) is 13.9. The van der Waals surface area contributed by atoms with Crippen molar-refractivity contribution >= 4 is 5.82 Å². The van der Waals surface area contributed by atoms with Crippen molar-refractivity contribution in [2.24, 2.45) is 0 Å². The molecule has 17 heavy (non-hydrogen) atoms. The molecule has 1 N–H and O–H groups in total. The molecule has 0 saturated carbocycles. The number of nitrogens with zero attached hydrogens (tertiary/aromatic N) is 4. The SMILES string of the molecule is CCN(c1ccc(CO)nn1)C(C)CN(C)C. The van der Waals surface area contributed by atoms with Gasteiger partial charge in [0.2, 0.25) is 0 Å². The third-order valence-corrected chi connectivity index (χ3v) is 2.66. The van der Waals surface area contributed by atoms with E-state index in [0.29, 0.717) is 11.7 Å². The van der Waals surface area contributed by atoms with Crippen LogP contribution in [0.3, 0.4) is 0 Å². The summed E-state index contributed by atoms with van der Waals surface area (Å²) in [4.78, 5) is 4.36. The van der Waals surface area contributed by atoms with E-state index in [1.807, 2.05) is 12.1 Å². The summed E-state index contributed by atoms with van der Waals surface area (Å²) in [5.74, 6) is 0.860. The molecule has 0 aliphatic heterocycles. The van der Waals surface area contributed by atoms with Gasteiger partial charge in [-0.05, 0) is 40.1 Å². The predicted octanol–water partition coefficient (Wildman–Crippen LogP) is 0.745. The highest BCUT2D eigenvalue weighted by Crippen LogP contribution is 2.13. The Labute approximate surface area is 103 Å². The summed E-state index contributed by atoms with van der Waals surface area (Å²) >= 11 is 0. The van der Waals surface area contributed by atoms with Crippen LogP contribution < -0.4 is 4.90 Å². The van der Waals surface area contributed by atoms with Gasteiger partial charge in [-0.15, -0.1) is 5.10 Å². The third kappa shape index (κ3) is 3.94. The van der Waals surface area contributed by atoms with Gasteiger partial charge in [0.15, 0.2) is 5.82 Å². The van der Waals surface area contributed by atoms with Crippen LogP contribution in [-0.2, 0) is 6.61 Å². The van der Waals surface area contributed by atoms with Gasteiger partial charge in [-0.1, -0.05) is 0 Å². The van der Waals surface area contributed by atoms with Gasteiger partial charge in [0.05, 0.1) is 12.3 Å². The second-order valence-corrected chi connectivity index (χ2v) is 4.44. The number of likely N-dealkylation sites (N-methyl/N-ethyl adjacent to an activating group) is 2. The van der Waals surface area contributed by atoms with E-state index in [4.69, 9.17) is 5.11 Å². The molecule has 0 amide bonds. The van der Waals surface area contributed by atoms with Crippen LogP contribution in [0, 0.1) is 0 Å². The fraction of sp³-hybridized carbons (Fsp3) is 0.667. The number of hydrogen-bond acceptors (Lipinski definition) is 5. The van der Waals surface area contributed by atoms with Crippen molar-refractivity contribution in [3.05, 3.63) is 17.8 Å². The summed E-state index contributed by atoms with van der Waals surface area (Å²) in [5, 5.41) is 17.0. The summed E-state index contributed by atoms with van der Waals surface area (Å²) in [6.07, 6.45) is 0. The molecule has 0 aliphatic rings. The zero-order valence-corrected chi connectivity index (χ0v) is 11.1. The molecular weight excluding hydrogens is 216 g/mol. The zero-order valence-electron chi connectivity index (χ0n) is 11.1. The van der Waals surface area contributed by atoms with Crippen molar-refractivity contribution in [2.45, 2.75) is 26.5 Å². The molecule has 96 valence electrons. The number of aliphatic hydroxyl groups is 1. The van der Waals surface area contributed by atoms with E-state index in [1.54, 1.807) is 0 Å². The van der Waals surface area contributed by atoms with E-state index in [-0.39, 0.29) is 6.61 Å². The maximum atomic E-state index is 8.93. The van der Waals surface area contributed by atoms with E-state index in [2.05, 4.69) is 47.9 Å². The second kappa shape index (κ2) is 6.51. The Hall–Kier alpha value is -1.20. The Morgan fingerprint density at radius 3 is 2.41 bits per heavy atom. The quantitative estimate of drug-likeness (QED) is 0.792. The molecule has 5 heteroatoms. The molecular formula is C12H22N4O. The Bertz CT molecular complexity index is 326. The molecule has 0 aliphatic carbocycles. The molecule has 0 spiro atoms. The largest absolute Gasteiger partial charge is 0.390 e. The van der Waals surface area contributed by atoms with E-state index < -0.39 is 0 Å². The van der Waals surface area contributed by atoms with Gasteiger partial charge >= 0.3 is 0 Å². The lowest BCUT2D eigenvalue weighted by molar-refractivity contribution is 0.275. The van der Waals surface area contributed by atoms with E-state index in [9.17, 15) is 0 Å². The normalized spacial score (nSPS) is 12.8. The van der Waals surface area contributed by atoms with Gasteiger partial charge in [-0.3, -0.25) is 0 Å². The average Bonchev–Trinajstić information content (AvgIpc) is 2.30. The van der Waals surface area contributed by atoms with Gasteiger partial charge < -0.3 is 14.9 Å². The smallest absolute Gasteiger partial charge is 0.151 e. The topological polar surface area (TPSA) is 52.5 Å². The summed E-state index contributed by atoms with van der Waals surface area (Å²) in [7, 11) is 4.12. The average molecular weight is 238 g/mol. The summed E-state index contributed by atoms with van der Waals surface area (Å²) in [6, 6.07) is 4.10. The lowest BCUT2D eigenvalue weighted by Crippen LogP contribution is -2.40. The standard InChI is InChI=1S/C12H22N4O/c1-5-16(10(2)8-15(3)4)12-7-6-11(9-17)13-14-12/h6-7,10,17H,5,8-9H2,1-4H3. The number of anilines is 1. The molecule has 1 unspecified atom stereocenters. The van der Waals surface area contributed by atoms with Crippen LogP contribution in [0.15, 0.2) is 12.1 Å². The van der Waals surface area contributed by atoms with Gasteiger partial charge in [0.25, 0.3) is 0 Å². The molecule has 1 aromatic rings. The van der Waals surface area contributed by atoms with Crippen LogP contribution in [0.5, 0.6) is 0 Å². The lowest BCUT2D eigenvalue weighted by atomic mass is 10.2. The highest BCUT2D eigenvalue weighted by molar-refractivity contribution is 5.38. The lowest BCUT2D eigenvalue weighted by Gasteiger charge is -2.30. The van der Waals surface area contributed by atoms with Crippen LogP contribution in [0.1, 0.15) is 19.5 Å². The minimum atomic E-state index is -0.0628. The Morgan fingerprint density at radius 1 is 1.29 bits per heavy atom. The Morgan fingerprint density at radius 2 is 2.00 bits per heavy atom. The number of aliphatic hydroxyl groups excluding tert-OH is 1. The Balaban J connectivity index is 2.77.